The lowest BCUT2D eigenvalue weighted by Gasteiger charge is -2.12. The Morgan fingerprint density at radius 1 is 0.655 bits per heavy atom. The molecule has 0 aromatic heterocycles. The fourth-order valence-corrected chi connectivity index (χ4v) is 2.91. The zero-order chi connectivity index (χ0) is 20.6. The molecule has 148 valence electrons. The van der Waals surface area contributed by atoms with Gasteiger partial charge in [0.15, 0.2) is 0 Å². The van der Waals surface area contributed by atoms with Crippen molar-refractivity contribution >= 4 is 17.5 Å². The molecular weight excluding hydrogens is 362 g/mol. The van der Waals surface area contributed by atoms with Crippen molar-refractivity contribution < 1.29 is 9.59 Å². The number of carbonyl (C=O) groups is 2. The van der Waals surface area contributed by atoms with Crippen molar-refractivity contribution in [3.05, 3.63) is 90.0 Å². The van der Waals surface area contributed by atoms with Crippen LogP contribution < -0.4 is 15.5 Å². The van der Waals surface area contributed by atoms with Crippen LogP contribution in [0.15, 0.2) is 78.9 Å². The average Bonchev–Trinajstić information content (AvgIpc) is 2.77. The van der Waals surface area contributed by atoms with Crippen LogP contribution in [-0.4, -0.2) is 39.0 Å². The number of nitrogens with zero attached hydrogens (tertiary/aromatic N) is 1. The standard InChI is InChI=1S/C24H25N3O2/c1-27(2)22-14-12-21(13-15-22)24(29)26-17-16-25-23(28)20-10-8-19(9-11-20)18-6-4-3-5-7-18/h3-15H,16-17H2,1-2H3,(H,25,28)(H,26,29). The van der Waals surface area contributed by atoms with Gasteiger partial charge in [-0.3, -0.25) is 9.59 Å². The number of hydrogen-bond acceptors (Lipinski definition) is 3. The molecule has 5 nitrogen and oxygen atoms in total. The SMILES string of the molecule is CN(C)c1ccc(C(=O)NCCNC(=O)c2ccc(-c3ccccc3)cc2)cc1. The number of rotatable bonds is 7. The number of anilines is 1. The molecule has 0 spiro atoms. The van der Waals surface area contributed by atoms with Gasteiger partial charge in [0.05, 0.1) is 0 Å². The molecule has 0 bridgehead atoms. The van der Waals surface area contributed by atoms with E-state index >= 15 is 0 Å². The molecule has 0 atom stereocenters. The first-order chi connectivity index (χ1) is 14.0. The largest absolute Gasteiger partial charge is 0.378 e. The summed E-state index contributed by atoms with van der Waals surface area (Å²) in [5.74, 6) is -0.314. The highest BCUT2D eigenvalue weighted by molar-refractivity contribution is 5.95. The number of hydrogen-bond donors (Lipinski definition) is 2. The summed E-state index contributed by atoms with van der Waals surface area (Å²) in [4.78, 5) is 26.4. The van der Waals surface area contributed by atoms with Crippen molar-refractivity contribution in [2.75, 3.05) is 32.1 Å². The summed E-state index contributed by atoms with van der Waals surface area (Å²) < 4.78 is 0. The normalized spacial score (nSPS) is 10.3. The molecule has 3 rings (SSSR count). The second-order valence-electron chi connectivity index (χ2n) is 6.90. The first-order valence-corrected chi connectivity index (χ1v) is 9.54. The van der Waals surface area contributed by atoms with Crippen LogP contribution in [0.2, 0.25) is 0 Å². The van der Waals surface area contributed by atoms with E-state index in [-0.39, 0.29) is 11.8 Å². The second-order valence-corrected chi connectivity index (χ2v) is 6.90. The van der Waals surface area contributed by atoms with Crippen LogP contribution in [0.3, 0.4) is 0 Å². The first kappa shape index (κ1) is 20.1. The quantitative estimate of drug-likeness (QED) is 0.609. The van der Waals surface area contributed by atoms with E-state index in [1.54, 1.807) is 12.1 Å². The van der Waals surface area contributed by atoms with Gasteiger partial charge in [-0.05, 0) is 47.5 Å². The third-order valence-corrected chi connectivity index (χ3v) is 4.60. The molecule has 0 aliphatic rings. The third kappa shape index (κ3) is 5.45. The van der Waals surface area contributed by atoms with Gasteiger partial charge in [-0.25, -0.2) is 0 Å². The summed E-state index contributed by atoms with van der Waals surface area (Å²) in [6, 6.07) is 24.9. The van der Waals surface area contributed by atoms with Crippen molar-refractivity contribution in [3.8, 4) is 11.1 Å². The predicted octanol–water partition coefficient (Wildman–Crippen LogP) is 3.58. The van der Waals surface area contributed by atoms with E-state index in [0.29, 0.717) is 24.2 Å². The number of amides is 2. The molecule has 2 N–H and O–H groups in total. The zero-order valence-corrected chi connectivity index (χ0v) is 16.7. The van der Waals surface area contributed by atoms with E-state index < -0.39 is 0 Å². The van der Waals surface area contributed by atoms with Gasteiger partial charge < -0.3 is 15.5 Å². The fraction of sp³-hybridized carbons (Fsp3) is 0.167. The van der Waals surface area contributed by atoms with Crippen molar-refractivity contribution in [1.29, 1.82) is 0 Å². The predicted molar refractivity (Wildman–Crippen MR) is 117 cm³/mol. The van der Waals surface area contributed by atoms with Crippen LogP contribution in [0, 0.1) is 0 Å². The van der Waals surface area contributed by atoms with Gasteiger partial charge in [-0.1, -0.05) is 42.5 Å². The molecule has 0 aliphatic heterocycles. The lowest BCUT2D eigenvalue weighted by atomic mass is 10.0. The van der Waals surface area contributed by atoms with Crippen LogP contribution in [0.4, 0.5) is 5.69 Å². The highest BCUT2D eigenvalue weighted by Crippen LogP contribution is 2.19. The maximum atomic E-state index is 12.3. The van der Waals surface area contributed by atoms with Crippen LogP contribution in [-0.2, 0) is 0 Å². The average molecular weight is 387 g/mol. The number of benzene rings is 3. The Labute approximate surface area is 171 Å². The minimum absolute atomic E-state index is 0.156. The summed E-state index contributed by atoms with van der Waals surface area (Å²) in [5, 5.41) is 5.65. The van der Waals surface area contributed by atoms with Gasteiger partial charge in [-0.15, -0.1) is 0 Å². The summed E-state index contributed by atoms with van der Waals surface area (Å²) in [7, 11) is 3.90. The van der Waals surface area contributed by atoms with Gasteiger partial charge in [0.25, 0.3) is 11.8 Å². The lowest BCUT2D eigenvalue weighted by molar-refractivity contribution is 0.0927. The molecule has 5 heteroatoms. The van der Waals surface area contributed by atoms with E-state index in [2.05, 4.69) is 10.6 Å². The molecule has 0 aliphatic carbocycles. The maximum Gasteiger partial charge on any atom is 0.251 e. The molecule has 3 aromatic carbocycles. The minimum atomic E-state index is -0.158. The van der Waals surface area contributed by atoms with Crippen molar-refractivity contribution in [3.63, 3.8) is 0 Å². The van der Waals surface area contributed by atoms with Crippen LogP contribution in [0.25, 0.3) is 11.1 Å². The van der Waals surface area contributed by atoms with E-state index in [9.17, 15) is 9.59 Å². The van der Waals surface area contributed by atoms with Crippen molar-refractivity contribution in [2.45, 2.75) is 0 Å². The van der Waals surface area contributed by atoms with Gasteiger partial charge in [0.1, 0.15) is 0 Å². The monoisotopic (exact) mass is 387 g/mol. The molecule has 0 saturated carbocycles. The third-order valence-electron chi connectivity index (χ3n) is 4.60. The molecule has 2 amide bonds. The van der Waals surface area contributed by atoms with E-state index in [0.717, 1.165) is 16.8 Å². The lowest BCUT2D eigenvalue weighted by Crippen LogP contribution is -2.34. The fourth-order valence-electron chi connectivity index (χ4n) is 2.91. The smallest absolute Gasteiger partial charge is 0.251 e. The van der Waals surface area contributed by atoms with E-state index in [1.165, 1.54) is 0 Å². The number of carbonyl (C=O) groups excluding carboxylic acids is 2. The Kier molecular flexibility index (Phi) is 6.63. The Morgan fingerprint density at radius 3 is 1.59 bits per heavy atom. The topological polar surface area (TPSA) is 61.4 Å². The Hall–Kier alpha value is -3.60. The molecule has 3 aromatic rings. The highest BCUT2D eigenvalue weighted by Gasteiger charge is 2.08. The Balaban J connectivity index is 1.45. The second kappa shape index (κ2) is 9.55. The summed E-state index contributed by atoms with van der Waals surface area (Å²) in [5.41, 5.74) is 4.40. The summed E-state index contributed by atoms with van der Waals surface area (Å²) in [6.45, 7) is 0.725. The van der Waals surface area contributed by atoms with Gasteiger partial charge in [0, 0.05) is 44.0 Å². The summed E-state index contributed by atoms with van der Waals surface area (Å²) >= 11 is 0. The number of nitrogens with one attached hydrogen (secondary N) is 2. The summed E-state index contributed by atoms with van der Waals surface area (Å²) in [6.07, 6.45) is 0. The zero-order valence-electron chi connectivity index (χ0n) is 16.7. The van der Waals surface area contributed by atoms with Crippen molar-refractivity contribution in [1.82, 2.24) is 10.6 Å². The van der Waals surface area contributed by atoms with Crippen LogP contribution in [0.5, 0.6) is 0 Å². The van der Waals surface area contributed by atoms with Gasteiger partial charge in [-0.2, -0.15) is 0 Å². The molecular formula is C24H25N3O2. The van der Waals surface area contributed by atoms with Gasteiger partial charge in [0.2, 0.25) is 0 Å². The van der Waals surface area contributed by atoms with E-state index in [1.807, 2.05) is 85.7 Å². The van der Waals surface area contributed by atoms with Crippen LogP contribution >= 0.6 is 0 Å². The molecule has 0 radical (unpaired) electrons. The molecule has 29 heavy (non-hydrogen) atoms. The molecule has 0 unspecified atom stereocenters. The minimum Gasteiger partial charge on any atom is -0.378 e. The first-order valence-electron chi connectivity index (χ1n) is 9.54. The molecule has 0 heterocycles. The Bertz CT molecular complexity index is 950. The molecule has 0 saturated heterocycles. The Morgan fingerprint density at radius 2 is 1.10 bits per heavy atom. The van der Waals surface area contributed by atoms with E-state index in [4.69, 9.17) is 0 Å². The van der Waals surface area contributed by atoms with Gasteiger partial charge >= 0.3 is 0 Å². The van der Waals surface area contributed by atoms with Crippen LogP contribution in [0.1, 0.15) is 20.7 Å². The highest BCUT2D eigenvalue weighted by atomic mass is 16.2. The van der Waals surface area contributed by atoms with Crippen molar-refractivity contribution in [2.24, 2.45) is 0 Å². The molecule has 0 fully saturated rings. The maximum absolute atomic E-state index is 12.3.